The molecule has 0 aliphatic carbocycles. The Morgan fingerprint density at radius 3 is 2.56 bits per heavy atom. The van der Waals surface area contributed by atoms with E-state index in [9.17, 15) is 24.3 Å². The summed E-state index contributed by atoms with van der Waals surface area (Å²) >= 11 is 6.17. The number of furan rings is 1. The predicted octanol–water partition coefficient (Wildman–Crippen LogP) is 4.27. The number of nitrogens with zero attached hydrogens (tertiary/aromatic N) is 1. The number of halogens is 1. The van der Waals surface area contributed by atoms with Gasteiger partial charge in [-0.25, -0.2) is 14.5 Å². The number of para-hydroxylation sites is 1. The van der Waals surface area contributed by atoms with E-state index >= 15 is 0 Å². The number of barbiturate groups is 1. The third-order valence-corrected chi connectivity index (χ3v) is 5.18. The molecule has 1 fully saturated rings. The van der Waals surface area contributed by atoms with Crippen LogP contribution >= 0.6 is 11.6 Å². The quantitative estimate of drug-likeness (QED) is 0.452. The molecule has 2 heterocycles. The van der Waals surface area contributed by atoms with Crippen LogP contribution in [0, 0.1) is 6.92 Å². The van der Waals surface area contributed by atoms with E-state index in [1.807, 2.05) is 0 Å². The first-order chi connectivity index (χ1) is 15.3. The highest BCUT2D eigenvalue weighted by Gasteiger charge is 2.37. The van der Waals surface area contributed by atoms with Gasteiger partial charge < -0.3 is 9.52 Å². The van der Waals surface area contributed by atoms with E-state index in [0.29, 0.717) is 16.8 Å². The number of urea groups is 1. The number of carboxylic acids is 1. The minimum atomic E-state index is -1.12. The van der Waals surface area contributed by atoms with E-state index < -0.39 is 23.8 Å². The average molecular weight is 451 g/mol. The standard InChI is InChI=1S/C23H15ClN2O6/c1-12-4-2-3-5-18(12)26-21(28)16(20(27)25-23(26)31)11-14-7-9-19(32-14)15-10-13(22(29)30)6-8-17(15)24/h2-11H,1H3,(H,29,30)(H,25,27,31)/b16-11+. The molecule has 2 aromatic carbocycles. The van der Waals surface area contributed by atoms with Crippen LogP contribution in [0.2, 0.25) is 5.02 Å². The summed E-state index contributed by atoms with van der Waals surface area (Å²) in [6, 6.07) is 13.1. The van der Waals surface area contributed by atoms with Gasteiger partial charge in [0.1, 0.15) is 17.1 Å². The van der Waals surface area contributed by atoms with Gasteiger partial charge in [-0.05, 0) is 55.0 Å². The lowest BCUT2D eigenvalue weighted by atomic mass is 10.1. The lowest BCUT2D eigenvalue weighted by Gasteiger charge is -2.27. The molecule has 0 spiro atoms. The van der Waals surface area contributed by atoms with Crippen LogP contribution in [-0.2, 0) is 9.59 Å². The van der Waals surface area contributed by atoms with Crippen molar-refractivity contribution in [2.24, 2.45) is 0 Å². The summed E-state index contributed by atoms with van der Waals surface area (Å²) < 4.78 is 5.69. The summed E-state index contributed by atoms with van der Waals surface area (Å²) in [5.41, 5.74) is 1.10. The third kappa shape index (κ3) is 3.79. The Morgan fingerprint density at radius 1 is 1.09 bits per heavy atom. The van der Waals surface area contributed by atoms with Crippen molar-refractivity contribution >= 4 is 47.2 Å². The highest BCUT2D eigenvalue weighted by Crippen LogP contribution is 2.32. The summed E-state index contributed by atoms with van der Waals surface area (Å²) in [7, 11) is 0. The van der Waals surface area contributed by atoms with Crippen LogP contribution in [0.1, 0.15) is 21.7 Å². The van der Waals surface area contributed by atoms with Crippen molar-refractivity contribution in [2.75, 3.05) is 4.90 Å². The number of amides is 4. The average Bonchev–Trinajstić information content (AvgIpc) is 3.21. The van der Waals surface area contributed by atoms with Gasteiger partial charge in [-0.1, -0.05) is 29.8 Å². The van der Waals surface area contributed by atoms with Gasteiger partial charge in [-0.15, -0.1) is 0 Å². The molecule has 1 aromatic heterocycles. The largest absolute Gasteiger partial charge is 0.478 e. The Hall–Kier alpha value is -4.17. The van der Waals surface area contributed by atoms with Gasteiger partial charge in [0.2, 0.25) is 0 Å². The SMILES string of the molecule is Cc1ccccc1N1C(=O)NC(=O)/C(=C\c2ccc(-c3cc(C(=O)O)ccc3Cl)o2)C1=O. The molecule has 4 rings (SSSR count). The molecule has 0 saturated carbocycles. The second kappa shape index (κ2) is 8.16. The number of rotatable bonds is 4. The second-order valence-corrected chi connectivity index (χ2v) is 7.35. The maximum atomic E-state index is 13.0. The van der Waals surface area contributed by atoms with E-state index in [4.69, 9.17) is 16.0 Å². The Morgan fingerprint density at radius 2 is 1.84 bits per heavy atom. The number of hydrogen-bond acceptors (Lipinski definition) is 5. The Labute approximate surface area is 186 Å². The van der Waals surface area contributed by atoms with Crippen molar-refractivity contribution in [1.29, 1.82) is 0 Å². The molecule has 1 aliphatic rings. The molecule has 3 aromatic rings. The van der Waals surface area contributed by atoms with Gasteiger partial charge in [-0.3, -0.25) is 14.9 Å². The Bertz CT molecular complexity index is 1320. The molecule has 0 radical (unpaired) electrons. The monoisotopic (exact) mass is 450 g/mol. The highest BCUT2D eigenvalue weighted by molar-refractivity contribution is 6.39. The molecule has 0 unspecified atom stereocenters. The van der Waals surface area contributed by atoms with Crippen molar-refractivity contribution in [1.82, 2.24) is 5.32 Å². The normalized spacial score (nSPS) is 15.2. The lowest BCUT2D eigenvalue weighted by Crippen LogP contribution is -2.54. The molecular weight excluding hydrogens is 436 g/mol. The maximum Gasteiger partial charge on any atom is 0.335 e. The molecule has 1 aliphatic heterocycles. The van der Waals surface area contributed by atoms with Crippen LogP contribution in [-0.4, -0.2) is 28.9 Å². The smallest absolute Gasteiger partial charge is 0.335 e. The number of carbonyl (C=O) groups is 4. The van der Waals surface area contributed by atoms with E-state index in [-0.39, 0.29) is 27.7 Å². The van der Waals surface area contributed by atoms with Crippen LogP contribution in [0.4, 0.5) is 10.5 Å². The molecular formula is C23H15ClN2O6. The summed E-state index contributed by atoms with van der Waals surface area (Å²) in [4.78, 5) is 49.8. The van der Waals surface area contributed by atoms with Crippen LogP contribution in [0.5, 0.6) is 0 Å². The zero-order valence-electron chi connectivity index (χ0n) is 16.6. The number of carboxylic acid groups (broad SMARTS) is 1. The van der Waals surface area contributed by atoms with Gasteiger partial charge >= 0.3 is 12.0 Å². The van der Waals surface area contributed by atoms with Crippen molar-refractivity contribution in [2.45, 2.75) is 6.92 Å². The van der Waals surface area contributed by atoms with E-state index in [1.54, 1.807) is 31.2 Å². The van der Waals surface area contributed by atoms with E-state index in [1.165, 1.54) is 36.4 Å². The van der Waals surface area contributed by atoms with E-state index in [0.717, 1.165) is 4.90 Å². The fourth-order valence-corrected chi connectivity index (χ4v) is 3.47. The number of benzene rings is 2. The van der Waals surface area contributed by atoms with Crippen LogP contribution in [0.25, 0.3) is 17.4 Å². The van der Waals surface area contributed by atoms with Gasteiger partial charge in [0.15, 0.2) is 0 Å². The lowest BCUT2D eigenvalue weighted by molar-refractivity contribution is -0.122. The molecule has 4 amide bonds. The number of nitrogens with one attached hydrogen (secondary N) is 1. The second-order valence-electron chi connectivity index (χ2n) is 6.95. The Kier molecular flexibility index (Phi) is 5.38. The van der Waals surface area contributed by atoms with Gasteiger partial charge in [0.05, 0.1) is 16.3 Å². The fourth-order valence-electron chi connectivity index (χ4n) is 3.26. The molecule has 9 heteroatoms. The third-order valence-electron chi connectivity index (χ3n) is 4.85. The molecule has 0 atom stereocenters. The first-order valence-corrected chi connectivity index (χ1v) is 9.74. The first-order valence-electron chi connectivity index (χ1n) is 9.36. The van der Waals surface area contributed by atoms with Gasteiger partial charge in [-0.2, -0.15) is 0 Å². The molecule has 8 nitrogen and oxygen atoms in total. The molecule has 32 heavy (non-hydrogen) atoms. The molecule has 2 N–H and O–H groups in total. The number of aromatic carboxylic acids is 1. The minimum Gasteiger partial charge on any atom is -0.478 e. The summed E-state index contributed by atoms with van der Waals surface area (Å²) in [5.74, 6) is -2.37. The summed E-state index contributed by atoms with van der Waals surface area (Å²) in [5, 5.41) is 11.6. The van der Waals surface area contributed by atoms with Crippen LogP contribution in [0.3, 0.4) is 0 Å². The molecule has 160 valence electrons. The number of hydrogen-bond donors (Lipinski definition) is 2. The zero-order chi connectivity index (χ0) is 23.0. The van der Waals surface area contributed by atoms with E-state index in [2.05, 4.69) is 5.32 Å². The van der Waals surface area contributed by atoms with Crippen molar-refractivity contribution in [3.63, 3.8) is 0 Å². The first kappa shape index (κ1) is 21.1. The summed E-state index contributed by atoms with van der Waals surface area (Å²) in [6.07, 6.45) is 1.22. The number of imide groups is 2. The fraction of sp³-hybridized carbons (Fsp3) is 0.0435. The molecule has 1 saturated heterocycles. The van der Waals surface area contributed by atoms with Gasteiger partial charge in [0, 0.05) is 5.56 Å². The number of anilines is 1. The zero-order valence-corrected chi connectivity index (χ0v) is 17.3. The van der Waals surface area contributed by atoms with Crippen LogP contribution in [0.15, 0.2) is 64.6 Å². The highest BCUT2D eigenvalue weighted by atomic mass is 35.5. The molecule has 0 bridgehead atoms. The topological polar surface area (TPSA) is 117 Å². The van der Waals surface area contributed by atoms with Crippen molar-refractivity contribution in [3.05, 3.63) is 82.1 Å². The van der Waals surface area contributed by atoms with Gasteiger partial charge in [0.25, 0.3) is 11.8 Å². The maximum absolute atomic E-state index is 13.0. The minimum absolute atomic E-state index is 0.0231. The number of aryl methyl sites for hydroxylation is 1. The van der Waals surface area contributed by atoms with Crippen molar-refractivity contribution in [3.8, 4) is 11.3 Å². The Balaban J connectivity index is 1.71. The number of carbonyl (C=O) groups excluding carboxylic acids is 3. The van der Waals surface area contributed by atoms with Crippen molar-refractivity contribution < 1.29 is 28.7 Å². The van der Waals surface area contributed by atoms with Crippen LogP contribution < -0.4 is 10.2 Å². The summed E-state index contributed by atoms with van der Waals surface area (Å²) in [6.45, 7) is 1.74. The predicted molar refractivity (Wildman–Crippen MR) is 116 cm³/mol.